The van der Waals surface area contributed by atoms with Gasteiger partial charge in [0.15, 0.2) is 0 Å². The summed E-state index contributed by atoms with van der Waals surface area (Å²) in [6.45, 7) is 5.35. The minimum atomic E-state index is 0.417. The SMILES string of the molecule is CCNC(Cc1cccs1)c1cccc(C)c1I. The molecule has 0 aliphatic carbocycles. The zero-order valence-corrected chi connectivity index (χ0v) is 13.7. The first kappa shape index (κ1) is 14.0. The Morgan fingerprint density at radius 1 is 1.28 bits per heavy atom. The van der Waals surface area contributed by atoms with Crippen molar-refractivity contribution in [3.05, 3.63) is 55.3 Å². The van der Waals surface area contributed by atoms with Crippen LogP contribution in [0.15, 0.2) is 35.7 Å². The quantitative estimate of drug-likeness (QED) is 0.761. The highest BCUT2D eigenvalue weighted by Crippen LogP contribution is 2.27. The minimum Gasteiger partial charge on any atom is -0.310 e. The zero-order valence-electron chi connectivity index (χ0n) is 10.7. The van der Waals surface area contributed by atoms with Gasteiger partial charge in [-0.15, -0.1) is 11.3 Å². The zero-order chi connectivity index (χ0) is 13.0. The van der Waals surface area contributed by atoms with Gasteiger partial charge in [-0.25, -0.2) is 0 Å². The van der Waals surface area contributed by atoms with Gasteiger partial charge in [0.25, 0.3) is 0 Å². The van der Waals surface area contributed by atoms with Gasteiger partial charge in [0, 0.05) is 20.9 Å². The largest absolute Gasteiger partial charge is 0.310 e. The van der Waals surface area contributed by atoms with Crippen LogP contribution in [0.2, 0.25) is 0 Å². The van der Waals surface area contributed by atoms with Crippen LogP contribution in [0.1, 0.15) is 29.0 Å². The third-order valence-electron chi connectivity index (χ3n) is 3.03. The van der Waals surface area contributed by atoms with Crippen molar-refractivity contribution in [1.29, 1.82) is 0 Å². The summed E-state index contributed by atoms with van der Waals surface area (Å²) in [5.41, 5.74) is 2.79. The molecule has 0 amide bonds. The maximum absolute atomic E-state index is 3.61. The first-order valence-corrected chi connectivity index (χ1v) is 8.19. The molecule has 2 rings (SSSR count). The summed E-state index contributed by atoms with van der Waals surface area (Å²) in [5, 5.41) is 5.76. The maximum atomic E-state index is 3.61. The van der Waals surface area contributed by atoms with E-state index in [-0.39, 0.29) is 0 Å². The van der Waals surface area contributed by atoms with E-state index in [9.17, 15) is 0 Å². The Morgan fingerprint density at radius 2 is 2.11 bits per heavy atom. The summed E-state index contributed by atoms with van der Waals surface area (Å²) >= 11 is 4.30. The number of aryl methyl sites for hydroxylation is 1. The fourth-order valence-corrected chi connectivity index (χ4v) is 3.60. The smallest absolute Gasteiger partial charge is 0.0379 e. The van der Waals surface area contributed by atoms with Gasteiger partial charge in [0.05, 0.1) is 0 Å². The van der Waals surface area contributed by atoms with Crippen LogP contribution in [-0.4, -0.2) is 6.54 Å². The Hall–Kier alpha value is -0.390. The molecule has 0 spiro atoms. The lowest BCUT2D eigenvalue weighted by Crippen LogP contribution is -2.23. The lowest BCUT2D eigenvalue weighted by Gasteiger charge is -2.20. The Labute approximate surface area is 127 Å². The van der Waals surface area contributed by atoms with E-state index >= 15 is 0 Å². The molecule has 1 nitrogen and oxygen atoms in total. The number of benzene rings is 1. The highest BCUT2D eigenvalue weighted by Gasteiger charge is 2.15. The second kappa shape index (κ2) is 6.68. The standard InChI is InChI=1S/C15H18INS/c1-3-17-14(10-12-7-5-9-18-12)13-8-4-6-11(2)15(13)16/h4-9,14,17H,3,10H2,1-2H3. The molecule has 2 aromatic rings. The third kappa shape index (κ3) is 3.33. The predicted octanol–water partition coefficient (Wildman–Crippen LogP) is 4.55. The van der Waals surface area contributed by atoms with E-state index in [0.717, 1.165) is 13.0 Å². The molecule has 1 N–H and O–H groups in total. The van der Waals surface area contributed by atoms with Crippen LogP contribution < -0.4 is 5.32 Å². The van der Waals surface area contributed by atoms with Crippen molar-refractivity contribution in [2.75, 3.05) is 6.54 Å². The Morgan fingerprint density at radius 3 is 2.78 bits per heavy atom. The van der Waals surface area contributed by atoms with Crippen molar-refractivity contribution in [3.8, 4) is 0 Å². The fourth-order valence-electron chi connectivity index (χ4n) is 2.11. The van der Waals surface area contributed by atoms with Gasteiger partial charge in [-0.1, -0.05) is 31.2 Å². The number of hydrogen-bond donors (Lipinski definition) is 1. The van der Waals surface area contributed by atoms with Gasteiger partial charge in [0.2, 0.25) is 0 Å². The van der Waals surface area contributed by atoms with E-state index in [1.807, 2.05) is 11.3 Å². The summed E-state index contributed by atoms with van der Waals surface area (Å²) in [4.78, 5) is 1.44. The van der Waals surface area contributed by atoms with E-state index in [0.29, 0.717) is 6.04 Å². The number of nitrogens with one attached hydrogen (secondary N) is 1. The summed E-state index contributed by atoms with van der Waals surface area (Å²) in [7, 11) is 0. The molecule has 1 aromatic heterocycles. The number of likely N-dealkylation sites (N-methyl/N-ethyl adjacent to an activating group) is 1. The molecule has 1 aromatic carbocycles. The number of rotatable bonds is 5. The molecule has 0 radical (unpaired) electrons. The highest BCUT2D eigenvalue weighted by molar-refractivity contribution is 14.1. The highest BCUT2D eigenvalue weighted by atomic mass is 127. The van der Waals surface area contributed by atoms with Crippen molar-refractivity contribution < 1.29 is 0 Å². The van der Waals surface area contributed by atoms with Gasteiger partial charge in [0.1, 0.15) is 0 Å². The summed E-state index contributed by atoms with van der Waals surface area (Å²) < 4.78 is 1.39. The molecule has 0 saturated carbocycles. The Bertz CT molecular complexity index is 493. The molecule has 0 fully saturated rings. The van der Waals surface area contributed by atoms with Gasteiger partial charge < -0.3 is 5.32 Å². The second-order valence-corrected chi connectivity index (χ2v) is 6.48. The van der Waals surface area contributed by atoms with E-state index in [2.05, 4.69) is 77.5 Å². The number of hydrogen-bond acceptors (Lipinski definition) is 2. The van der Waals surface area contributed by atoms with Gasteiger partial charge in [-0.05, 0) is 58.6 Å². The van der Waals surface area contributed by atoms with E-state index in [4.69, 9.17) is 0 Å². The number of halogens is 1. The normalized spacial score (nSPS) is 12.6. The topological polar surface area (TPSA) is 12.0 Å². The van der Waals surface area contributed by atoms with Gasteiger partial charge in [-0.2, -0.15) is 0 Å². The van der Waals surface area contributed by atoms with Crippen LogP contribution in [0.5, 0.6) is 0 Å². The van der Waals surface area contributed by atoms with Crippen LogP contribution in [0.4, 0.5) is 0 Å². The molecule has 96 valence electrons. The summed E-state index contributed by atoms with van der Waals surface area (Å²) in [6.07, 6.45) is 1.07. The van der Waals surface area contributed by atoms with Crippen LogP contribution in [0.25, 0.3) is 0 Å². The van der Waals surface area contributed by atoms with E-state index < -0.39 is 0 Å². The molecule has 0 saturated heterocycles. The molecule has 1 atom stereocenters. The lowest BCUT2D eigenvalue weighted by molar-refractivity contribution is 0.551. The van der Waals surface area contributed by atoms with E-state index in [1.54, 1.807) is 0 Å². The van der Waals surface area contributed by atoms with Crippen LogP contribution in [-0.2, 0) is 6.42 Å². The average Bonchev–Trinajstić information content (AvgIpc) is 2.85. The van der Waals surface area contributed by atoms with Crippen LogP contribution in [0.3, 0.4) is 0 Å². The predicted molar refractivity (Wildman–Crippen MR) is 88.3 cm³/mol. The van der Waals surface area contributed by atoms with Gasteiger partial charge in [-0.3, -0.25) is 0 Å². The fraction of sp³-hybridized carbons (Fsp3) is 0.333. The molecular weight excluding hydrogens is 353 g/mol. The van der Waals surface area contributed by atoms with Crippen molar-refractivity contribution in [2.24, 2.45) is 0 Å². The van der Waals surface area contributed by atoms with Crippen molar-refractivity contribution >= 4 is 33.9 Å². The monoisotopic (exact) mass is 371 g/mol. The molecule has 3 heteroatoms. The Kier molecular flexibility index (Phi) is 5.21. The summed E-state index contributed by atoms with van der Waals surface area (Å²) in [5.74, 6) is 0. The van der Waals surface area contributed by atoms with E-state index in [1.165, 1.54) is 19.6 Å². The molecular formula is C15H18INS. The molecule has 0 aliphatic heterocycles. The van der Waals surface area contributed by atoms with Crippen LogP contribution in [0, 0.1) is 10.5 Å². The lowest BCUT2D eigenvalue weighted by atomic mass is 10.0. The Balaban J connectivity index is 2.26. The van der Waals surface area contributed by atoms with Crippen molar-refractivity contribution in [3.63, 3.8) is 0 Å². The van der Waals surface area contributed by atoms with Gasteiger partial charge >= 0.3 is 0 Å². The van der Waals surface area contributed by atoms with Crippen LogP contribution >= 0.6 is 33.9 Å². The summed E-state index contributed by atoms with van der Waals surface area (Å²) in [6, 6.07) is 11.4. The number of thiophene rings is 1. The minimum absolute atomic E-state index is 0.417. The molecule has 18 heavy (non-hydrogen) atoms. The first-order chi connectivity index (χ1) is 8.72. The second-order valence-electron chi connectivity index (χ2n) is 4.37. The molecule has 0 aliphatic rings. The molecule has 1 heterocycles. The first-order valence-electron chi connectivity index (χ1n) is 6.23. The van der Waals surface area contributed by atoms with Crippen molar-refractivity contribution in [2.45, 2.75) is 26.3 Å². The molecule has 0 bridgehead atoms. The average molecular weight is 371 g/mol. The van der Waals surface area contributed by atoms with Crippen molar-refractivity contribution in [1.82, 2.24) is 5.32 Å². The third-order valence-corrected chi connectivity index (χ3v) is 5.41. The molecule has 1 unspecified atom stereocenters. The maximum Gasteiger partial charge on any atom is 0.0379 e.